The Labute approximate surface area is 73.6 Å². The molecule has 1 fully saturated rings. The molecule has 0 aromatic carbocycles. The van der Waals surface area contributed by atoms with E-state index in [2.05, 4.69) is 6.92 Å². The van der Waals surface area contributed by atoms with E-state index in [1.165, 1.54) is 19.3 Å². The highest BCUT2D eigenvalue weighted by Crippen LogP contribution is 2.31. The summed E-state index contributed by atoms with van der Waals surface area (Å²) < 4.78 is 5.27. The molecule has 0 spiro atoms. The van der Waals surface area contributed by atoms with E-state index in [0.717, 1.165) is 18.5 Å². The molecule has 1 atom stereocenters. The van der Waals surface area contributed by atoms with Gasteiger partial charge in [0.15, 0.2) is 6.10 Å². The number of hydrogen-bond acceptors (Lipinski definition) is 2. The van der Waals surface area contributed by atoms with Crippen molar-refractivity contribution in [3.63, 3.8) is 0 Å². The highest BCUT2D eigenvalue weighted by atomic mass is 16.6. The summed E-state index contributed by atoms with van der Waals surface area (Å²) in [4.78, 5) is 10.0. The van der Waals surface area contributed by atoms with E-state index in [4.69, 9.17) is 4.74 Å². The molecule has 12 heavy (non-hydrogen) atoms. The number of carbonyl (C=O) groups excluding carboxylic acids is 1. The van der Waals surface area contributed by atoms with Crippen molar-refractivity contribution < 1.29 is 9.53 Å². The average molecular weight is 168 g/mol. The van der Waals surface area contributed by atoms with Crippen LogP contribution in [0.2, 0.25) is 0 Å². The molecule has 1 aliphatic heterocycles. The number of epoxide rings is 1. The zero-order valence-corrected chi connectivity index (χ0v) is 7.58. The van der Waals surface area contributed by atoms with Gasteiger partial charge in [0, 0.05) is 6.42 Å². The average Bonchev–Trinajstić information content (AvgIpc) is 2.81. The van der Waals surface area contributed by atoms with Gasteiger partial charge in [-0.25, -0.2) is 0 Å². The number of carbonyl (C=O) groups is 1. The van der Waals surface area contributed by atoms with Crippen LogP contribution >= 0.6 is 0 Å². The molecule has 0 saturated carbocycles. The third kappa shape index (κ3) is 3.07. The first-order valence-electron chi connectivity index (χ1n) is 4.68. The van der Waals surface area contributed by atoms with E-state index in [1.807, 2.05) is 6.08 Å². The standard InChI is InChI=1S/C10H16O2/c1-2-3-4-6-9-10(12-9)7-5-8-11/h7-9H,2-6H2,1H3. The monoisotopic (exact) mass is 168 g/mol. The van der Waals surface area contributed by atoms with Gasteiger partial charge in [0.2, 0.25) is 0 Å². The molecule has 0 bridgehead atoms. The van der Waals surface area contributed by atoms with Gasteiger partial charge in [-0.2, -0.15) is 0 Å². The number of unbranched alkanes of at least 4 members (excludes halogenated alkanes) is 2. The second-order valence-corrected chi connectivity index (χ2v) is 3.11. The lowest BCUT2D eigenvalue weighted by atomic mass is 10.1. The Morgan fingerprint density at radius 2 is 2.33 bits per heavy atom. The molecule has 0 aliphatic carbocycles. The lowest BCUT2D eigenvalue weighted by Gasteiger charge is -1.90. The summed E-state index contributed by atoms with van der Waals surface area (Å²) >= 11 is 0. The Kier molecular flexibility index (Phi) is 3.85. The lowest BCUT2D eigenvalue weighted by Crippen LogP contribution is -1.83. The van der Waals surface area contributed by atoms with Crippen molar-refractivity contribution >= 4 is 6.29 Å². The van der Waals surface area contributed by atoms with E-state index in [0.29, 0.717) is 12.5 Å². The van der Waals surface area contributed by atoms with Crippen LogP contribution in [0.1, 0.15) is 39.0 Å². The van der Waals surface area contributed by atoms with Crippen molar-refractivity contribution in [3.8, 4) is 0 Å². The van der Waals surface area contributed by atoms with E-state index < -0.39 is 0 Å². The van der Waals surface area contributed by atoms with Crippen LogP contribution in [0.3, 0.4) is 0 Å². The van der Waals surface area contributed by atoms with Crippen LogP contribution in [-0.4, -0.2) is 12.4 Å². The molecule has 1 heterocycles. The summed E-state index contributed by atoms with van der Waals surface area (Å²) in [6.45, 7) is 2.19. The number of hydrogen-bond donors (Lipinski definition) is 0. The summed E-state index contributed by atoms with van der Waals surface area (Å²) in [5.41, 5.74) is 0. The summed E-state index contributed by atoms with van der Waals surface area (Å²) in [6.07, 6.45) is 8.51. The minimum absolute atomic E-state index is 0.344. The molecule has 2 nitrogen and oxygen atoms in total. The zero-order chi connectivity index (χ0) is 8.81. The van der Waals surface area contributed by atoms with Crippen molar-refractivity contribution in [2.75, 3.05) is 0 Å². The van der Waals surface area contributed by atoms with Crippen LogP contribution in [0.5, 0.6) is 0 Å². The van der Waals surface area contributed by atoms with Crippen molar-refractivity contribution in [1.29, 1.82) is 0 Å². The third-order valence-corrected chi connectivity index (χ3v) is 2.02. The number of aldehydes is 1. The van der Waals surface area contributed by atoms with Gasteiger partial charge in [-0.1, -0.05) is 19.8 Å². The molecular formula is C10H16O2. The van der Waals surface area contributed by atoms with Gasteiger partial charge in [0.25, 0.3) is 0 Å². The first-order chi connectivity index (χ1) is 5.88. The Morgan fingerprint density at radius 1 is 1.50 bits per heavy atom. The maximum Gasteiger partial charge on any atom is 0.155 e. The molecule has 0 aromatic rings. The van der Waals surface area contributed by atoms with Crippen LogP contribution in [0, 0.1) is 0 Å². The highest BCUT2D eigenvalue weighted by molar-refractivity contribution is 5.52. The minimum atomic E-state index is 0.344. The quantitative estimate of drug-likeness (QED) is 0.346. The van der Waals surface area contributed by atoms with E-state index in [1.54, 1.807) is 0 Å². The fraction of sp³-hybridized carbons (Fsp3) is 0.700. The molecule has 1 saturated heterocycles. The first kappa shape index (κ1) is 9.30. The van der Waals surface area contributed by atoms with Gasteiger partial charge < -0.3 is 9.53 Å². The van der Waals surface area contributed by atoms with Gasteiger partial charge in [-0.15, -0.1) is 0 Å². The molecule has 0 N–H and O–H groups in total. The molecule has 1 aliphatic rings. The van der Waals surface area contributed by atoms with E-state index >= 15 is 0 Å². The summed E-state index contributed by atoms with van der Waals surface area (Å²) in [7, 11) is 0. The molecule has 0 amide bonds. The first-order valence-corrected chi connectivity index (χ1v) is 4.68. The van der Waals surface area contributed by atoms with Crippen molar-refractivity contribution in [2.24, 2.45) is 0 Å². The predicted molar refractivity (Wildman–Crippen MR) is 47.8 cm³/mol. The molecule has 1 unspecified atom stereocenters. The largest absolute Gasteiger partial charge is 0.483 e. The second kappa shape index (κ2) is 4.96. The maximum absolute atomic E-state index is 10.0. The Morgan fingerprint density at radius 3 is 3.00 bits per heavy atom. The molecule has 0 radical (unpaired) electrons. The molecule has 68 valence electrons. The number of ether oxygens (including phenoxy) is 1. The molecule has 0 aromatic heterocycles. The van der Waals surface area contributed by atoms with Crippen LogP contribution < -0.4 is 0 Å². The van der Waals surface area contributed by atoms with Gasteiger partial charge in [0.1, 0.15) is 12.0 Å². The van der Waals surface area contributed by atoms with E-state index in [-0.39, 0.29) is 0 Å². The smallest absolute Gasteiger partial charge is 0.155 e. The van der Waals surface area contributed by atoms with Gasteiger partial charge in [-0.3, -0.25) is 0 Å². The second-order valence-electron chi connectivity index (χ2n) is 3.11. The topological polar surface area (TPSA) is 29.6 Å². The zero-order valence-electron chi connectivity index (χ0n) is 7.58. The van der Waals surface area contributed by atoms with Crippen LogP contribution in [-0.2, 0) is 9.53 Å². The summed E-state index contributed by atoms with van der Waals surface area (Å²) in [5, 5.41) is 0. The number of allylic oxidation sites excluding steroid dienone is 1. The molecular weight excluding hydrogens is 152 g/mol. The van der Waals surface area contributed by atoms with Gasteiger partial charge >= 0.3 is 0 Å². The number of rotatable bonds is 6. The fourth-order valence-electron chi connectivity index (χ4n) is 1.25. The maximum atomic E-state index is 10.0. The normalized spacial score (nSPS) is 23.8. The van der Waals surface area contributed by atoms with Gasteiger partial charge in [0.05, 0.1) is 0 Å². The van der Waals surface area contributed by atoms with Gasteiger partial charge in [-0.05, 0) is 18.9 Å². The van der Waals surface area contributed by atoms with E-state index in [9.17, 15) is 4.79 Å². The van der Waals surface area contributed by atoms with Crippen molar-refractivity contribution in [1.82, 2.24) is 0 Å². The summed E-state index contributed by atoms with van der Waals surface area (Å²) in [5.74, 6) is 1.03. The van der Waals surface area contributed by atoms with Crippen molar-refractivity contribution in [3.05, 3.63) is 11.8 Å². The predicted octanol–water partition coefficient (Wildman–Crippen LogP) is 2.44. The van der Waals surface area contributed by atoms with Crippen LogP contribution in [0.25, 0.3) is 0 Å². The molecule has 1 rings (SSSR count). The van der Waals surface area contributed by atoms with Crippen LogP contribution in [0.4, 0.5) is 0 Å². The minimum Gasteiger partial charge on any atom is -0.483 e. The lowest BCUT2D eigenvalue weighted by molar-refractivity contribution is -0.107. The Balaban J connectivity index is 2.03. The highest BCUT2D eigenvalue weighted by Gasteiger charge is 2.30. The summed E-state index contributed by atoms with van der Waals surface area (Å²) in [6, 6.07) is 0. The Bertz CT molecular complexity index is 173. The SMILES string of the molecule is CCCCCC1OC1=CCC=O. The van der Waals surface area contributed by atoms with Crippen LogP contribution in [0.15, 0.2) is 11.8 Å². The fourth-order valence-corrected chi connectivity index (χ4v) is 1.25. The Hall–Kier alpha value is -0.790. The third-order valence-electron chi connectivity index (χ3n) is 2.02. The molecule has 2 heteroatoms. The van der Waals surface area contributed by atoms with Crippen molar-refractivity contribution in [2.45, 2.75) is 45.1 Å².